The highest BCUT2D eigenvalue weighted by Gasteiger charge is 2.11. The van der Waals surface area contributed by atoms with Gasteiger partial charge in [-0.1, -0.05) is 12.1 Å². The van der Waals surface area contributed by atoms with Gasteiger partial charge in [0.15, 0.2) is 23.3 Å². The second kappa shape index (κ2) is 5.51. The molecule has 0 spiro atoms. The lowest BCUT2D eigenvalue weighted by Gasteiger charge is -2.12. The lowest BCUT2D eigenvalue weighted by molar-refractivity contribution is 0.342. The van der Waals surface area contributed by atoms with Gasteiger partial charge in [0.25, 0.3) is 0 Å². The third-order valence-corrected chi connectivity index (χ3v) is 2.40. The van der Waals surface area contributed by atoms with Gasteiger partial charge in [0, 0.05) is 6.07 Å². The van der Waals surface area contributed by atoms with Crippen molar-refractivity contribution in [3.8, 4) is 5.75 Å². The number of benzene rings is 1. The molecule has 0 unspecified atom stereocenters. The van der Waals surface area contributed by atoms with Crippen molar-refractivity contribution in [3.63, 3.8) is 0 Å². The van der Waals surface area contributed by atoms with E-state index in [9.17, 15) is 8.78 Å². The van der Waals surface area contributed by atoms with Crippen molar-refractivity contribution in [1.29, 1.82) is 0 Å². The molecule has 0 aliphatic heterocycles. The SMILES string of the molecule is CCOc1ccccc1Nc1nc(N)c(F)cc1F. The van der Waals surface area contributed by atoms with Crippen LogP contribution < -0.4 is 15.8 Å². The highest BCUT2D eigenvalue weighted by molar-refractivity contribution is 5.65. The molecule has 6 heteroatoms. The van der Waals surface area contributed by atoms with E-state index in [2.05, 4.69) is 10.3 Å². The van der Waals surface area contributed by atoms with E-state index < -0.39 is 11.6 Å². The van der Waals surface area contributed by atoms with E-state index in [1.807, 2.05) is 6.92 Å². The van der Waals surface area contributed by atoms with Crippen LogP contribution in [0, 0.1) is 11.6 Å². The van der Waals surface area contributed by atoms with Crippen LogP contribution >= 0.6 is 0 Å². The quantitative estimate of drug-likeness (QED) is 0.891. The van der Waals surface area contributed by atoms with Crippen molar-refractivity contribution in [3.05, 3.63) is 42.0 Å². The first kappa shape index (κ1) is 13.1. The van der Waals surface area contributed by atoms with E-state index in [4.69, 9.17) is 10.5 Å². The van der Waals surface area contributed by atoms with Crippen LogP contribution in [-0.2, 0) is 0 Å². The Hall–Kier alpha value is -2.37. The number of anilines is 3. The molecule has 1 aromatic carbocycles. The van der Waals surface area contributed by atoms with Gasteiger partial charge in [-0.05, 0) is 19.1 Å². The van der Waals surface area contributed by atoms with Gasteiger partial charge in [0.05, 0.1) is 12.3 Å². The summed E-state index contributed by atoms with van der Waals surface area (Å²) in [4.78, 5) is 3.63. The number of hydrogen-bond acceptors (Lipinski definition) is 4. The Bertz CT molecular complexity index is 590. The molecule has 0 radical (unpaired) electrons. The average molecular weight is 265 g/mol. The van der Waals surface area contributed by atoms with Crippen molar-refractivity contribution < 1.29 is 13.5 Å². The number of nitrogens with two attached hydrogens (primary N) is 1. The van der Waals surface area contributed by atoms with Crippen LogP contribution in [-0.4, -0.2) is 11.6 Å². The fraction of sp³-hybridized carbons (Fsp3) is 0.154. The molecule has 0 saturated carbocycles. The molecule has 0 aliphatic carbocycles. The zero-order chi connectivity index (χ0) is 13.8. The number of nitrogens with one attached hydrogen (secondary N) is 1. The zero-order valence-corrected chi connectivity index (χ0v) is 10.3. The van der Waals surface area contributed by atoms with Gasteiger partial charge >= 0.3 is 0 Å². The molecule has 0 fully saturated rings. The molecule has 0 bridgehead atoms. The first-order valence-corrected chi connectivity index (χ1v) is 5.72. The summed E-state index contributed by atoms with van der Waals surface area (Å²) in [6.07, 6.45) is 0. The molecular weight excluding hydrogens is 252 g/mol. The smallest absolute Gasteiger partial charge is 0.169 e. The van der Waals surface area contributed by atoms with Gasteiger partial charge in [-0.15, -0.1) is 0 Å². The number of nitrogens with zero attached hydrogens (tertiary/aromatic N) is 1. The molecule has 3 N–H and O–H groups in total. The second-order valence-electron chi connectivity index (χ2n) is 3.74. The highest BCUT2D eigenvalue weighted by Crippen LogP contribution is 2.28. The number of ether oxygens (including phenoxy) is 1. The molecule has 2 aromatic rings. The zero-order valence-electron chi connectivity index (χ0n) is 10.3. The van der Waals surface area contributed by atoms with E-state index in [1.165, 1.54) is 0 Å². The first-order chi connectivity index (χ1) is 9.11. The molecule has 0 amide bonds. The normalized spacial score (nSPS) is 10.3. The maximum atomic E-state index is 13.6. The predicted molar refractivity (Wildman–Crippen MR) is 69.5 cm³/mol. The predicted octanol–water partition coefficient (Wildman–Crippen LogP) is 3.08. The molecular formula is C13H13F2N3O. The van der Waals surface area contributed by atoms with Crippen LogP contribution in [0.1, 0.15) is 6.92 Å². The summed E-state index contributed by atoms with van der Waals surface area (Å²) in [6, 6.07) is 7.67. The maximum absolute atomic E-state index is 13.6. The van der Waals surface area contributed by atoms with E-state index in [1.54, 1.807) is 24.3 Å². The Balaban J connectivity index is 2.33. The van der Waals surface area contributed by atoms with Crippen molar-refractivity contribution in [2.75, 3.05) is 17.7 Å². The summed E-state index contributed by atoms with van der Waals surface area (Å²) in [5.74, 6) is -1.67. The Morgan fingerprint density at radius 3 is 2.74 bits per heavy atom. The van der Waals surface area contributed by atoms with Gasteiger partial charge in [0.1, 0.15) is 5.75 Å². The van der Waals surface area contributed by atoms with Crippen LogP contribution in [0.5, 0.6) is 5.75 Å². The third-order valence-electron chi connectivity index (χ3n) is 2.40. The molecule has 4 nitrogen and oxygen atoms in total. The number of nitrogen functional groups attached to an aromatic ring is 1. The number of pyridine rings is 1. The fourth-order valence-corrected chi connectivity index (χ4v) is 1.55. The third kappa shape index (κ3) is 2.90. The van der Waals surface area contributed by atoms with Gasteiger partial charge in [-0.2, -0.15) is 0 Å². The average Bonchev–Trinajstić information content (AvgIpc) is 2.38. The topological polar surface area (TPSA) is 60.2 Å². The second-order valence-corrected chi connectivity index (χ2v) is 3.74. The number of aromatic nitrogens is 1. The molecule has 19 heavy (non-hydrogen) atoms. The minimum Gasteiger partial charge on any atom is -0.492 e. The lowest BCUT2D eigenvalue weighted by Crippen LogP contribution is -2.04. The first-order valence-electron chi connectivity index (χ1n) is 5.72. The Morgan fingerprint density at radius 2 is 2.00 bits per heavy atom. The molecule has 1 aromatic heterocycles. The number of para-hydroxylation sites is 2. The highest BCUT2D eigenvalue weighted by atomic mass is 19.1. The van der Waals surface area contributed by atoms with Crippen LogP contribution in [0.4, 0.5) is 26.1 Å². The van der Waals surface area contributed by atoms with Crippen molar-refractivity contribution in [2.45, 2.75) is 6.92 Å². The van der Waals surface area contributed by atoms with Crippen LogP contribution in [0.15, 0.2) is 30.3 Å². The number of hydrogen-bond donors (Lipinski definition) is 2. The van der Waals surface area contributed by atoms with Gasteiger partial charge < -0.3 is 15.8 Å². The number of rotatable bonds is 4. The largest absolute Gasteiger partial charge is 0.492 e. The molecule has 0 atom stereocenters. The molecule has 100 valence electrons. The summed E-state index contributed by atoms with van der Waals surface area (Å²) in [6.45, 7) is 2.31. The monoisotopic (exact) mass is 265 g/mol. The maximum Gasteiger partial charge on any atom is 0.169 e. The summed E-state index contributed by atoms with van der Waals surface area (Å²) < 4.78 is 32.0. The van der Waals surface area contributed by atoms with Crippen LogP contribution in [0.2, 0.25) is 0 Å². The summed E-state index contributed by atoms with van der Waals surface area (Å²) in [5.41, 5.74) is 5.85. The van der Waals surface area contributed by atoms with E-state index in [0.29, 0.717) is 24.1 Å². The molecule has 2 rings (SSSR count). The molecule has 1 heterocycles. The Morgan fingerprint density at radius 1 is 1.26 bits per heavy atom. The minimum atomic E-state index is -0.888. The summed E-state index contributed by atoms with van der Waals surface area (Å²) >= 11 is 0. The summed E-state index contributed by atoms with van der Waals surface area (Å²) in [5, 5.41) is 2.74. The fourth-order valence-electron chi connectivity index (χ4n) is 1.55. The lowest BCUT2D eigenvalue weighted by atomic mass is 10.3. The van der Waals surface area contributed by atoms with Crippen molar-refractivity contribution in [2.24, 2.45) is 0 Å². The van der Waals surface area contributed by atoms with E-state index in [-0.39, 0.29) is 11.6 Å². The van der Waals surface area contributed by atoms with E-state index in [0.717, 1.165) is 0 Å². The summed E-state index contributed by atoms with van der Waals surface area (Å²) in [7, 11) is 0. The molecule has 0 aliphatic rings. The van der Waals surface area contributed by atoms with Gasteiger partial charge in [0.2, 0.25) is 0 Å². The standard InChI is InChI=1S/C13H13F2N3O/c1-2-19-11-6-4-3-5-10(11)17-13-9(15)7-8(14)12(16)18-13/h3-7H,2H2,1H3,(H3,16,17,18). The van der Waals surface area contributed by atoms with Gasteiger partial charge in [-0.3, -0.25) is 0 Å². The Kier molecular flexibility index (Phi) is 3.79. The molecule has 0 saturated heterocycles. The van der Waals surface area contributed by atoms with Crippen LogP contribution in [0.25, 0.3) is 0 Å². The van der Waals surface area contributed by atoms with E-state index >= 15 is 0 Å². The van der Waals surface area contributed by atoms with Crippen molar-refractivity contribution >= 4 is 17.3 Å². The number of halogens is 2. The minimum absolute atomic E-state index is 0.147. The van der Waals surface area contributed by atoms with Gasteiger partial charge in [-0.25, -0.2) is 13.8 Å². The van der Waals surface area contributed by atoms with Crippen LogP contribution in [0.3, 0.4) is 0 Å². The Labute approximate surface area is 109 Å². The van der Waals surface area contributed by atoms with Crippen molar-refractivity contribution in [1.82, 2.24) is 4.98 Å².